The van der Waals surface area contributed by atoms with Crippen LogP contribution in [0.15, 0.2) is 23.9 Å². The Balaban J connectivity index is 2.52. The molecule has 0 saturated heterocycles. The summed E-state index contributed by atoms with van der Waals surface area (Å²) in [4.78, 5) is 0. The van der Waals surface area contributed by atoms with Crippen LogP contribution in [0.4, 0.5) is 0 Å². The molecule has 2 nitrogen and oxygen atoms in total. The minimum Gasteiger partial charge on any atom is -0.392 e. The van der Waals surface area contributed by atoms with Crippen LogP contribution >= 0.6 is 0 Å². The molecule has 0 fully saturated rings. The van der Waals surface area contributed by atoms with Gasteiger partial charge in [-0.25, -0.2) is 0 Å². The smallest absolute Gasteiger partial charge is 0.0695 e. The first-order valence-corrected chi connectivity index (χ1v) is 3.07. The third-order valence-electron chi connectivity index (χ3n) is 1.31. The number of aliphatic hydroxyl groups is 1. The maximum absolute atomic E-state index is 8.62. The molecule has 0 spiro atoms. The Labute approximate surface area is 54.9 Å². The zero-order valence-corrected chi connectivity index (χ0v) is 5.46. The third-order valence-corrected chi connectivity index (χ3v) is 1.31. The maximum Gasteiger partial charge on any atom is 0.0695 e. The Kier molecular flexibility index (Phi) is 1.90. The van der Waals surface area contributed by atoms with E-state index in [-0.39, 0.29) is 6.61 Å². The van der Waals surface area contributed by atoms with Gasteiger partial charge in [0.25, 0.3) is 0 Å². The van der Waals surface area contributed by atoms with Crippen LogP contribution in [0, 0.1) is 0 Å². The van der Waals surface area contributed by atoms with Crippen molar-refractivity contribution in [3.05, 3.63) is 23.9 Å². The fourth-order valence-electron chi connectivity index (χ4n) is 0.708. The van der Waals surface area contributed by atoms with E-state index in [1.54, 1.807) is 0 Å². The van der Waals surface area contributed by atoms with Crippen molar-refractivity contribution in [3.8, 4) is 0 Å². The zero-order valence-electron chi connectivity index (χ0n) is 5.46. The van der Waals surface area contributed by atoms with Gasteiger partial charge in [0.2, 0.25) is 0 Å². The highest BCUT2D eigenvalue weighted by molar-refractivity contribution is 5.23. The standard InChI is InChI=1S/C7H11NO/c1-6-2-3-7(5-9)4-8-6/h2-4,6,8-9H,5H2,1H3. The quantitative estimate of drug-likeness (QED) is 0.532. The van der Waals surface area contributed by atoms with Crippen molar-refractivity contribution in [3.63, 3.8) is 0 Å². The number of nitrogens with one attached hydrogen (secondary N) is 1. The van der Waals surface area contributed by atoms with E-state index in [0.29, 0.717) is 6.04 Å². The lowest BCUT2D eigenvalue weighted by molar-refractivity contribution is 0.333. The van der Waals surface area contributed by atoms with E-state index in [2.05, 4.69) is 12.2 Å². The summed E-state index contributed by atoms with van der Waals surface area (Å²) in [6.07, 6.45) is 5.79. The molecule has 50 valence electrons. The van der Waals surface area contributed by atoms with Crippen molar-refractivity contribution >= 4 is 0 Å². The summed E-state index contributed by atoms with van der Waals surface area (Å²) < 4.78 is 0. The van der Waals surface area contributed by atoms with E-state index < -0.39 is 0 Å². The van der Waals surface area contributed by atoms with Crippen molar-refractivity contribution in [1.82, 2.24) is 5.32 Å². The van der Waals surface area contributed by atoms with Crippen molar-refractivity contribution in [2.24, 2.45) is 0 Å². The number of hydrogen-bond donors (Lipinski definition) is 2. The zero-order chi connectivity index (χ0) is 6.69. The highest BCUT2D eigenvalue weighted by atomic mass is 16.3. The second-order valence-electron chi connectivity index (χ2n) is 2.19. The van der Waals surface area contributed by atoms with E-state index in [1.165, 1.54) is 0 Å². The molecular weight excluding hydrogens is 114 g/mol. The lowest BCUT2D eigenvalue weighted by Gasteiger charge is -2.12. The van der Waals surface area contributed by atoms with Gasteiger partial charge >= 0.3 is 0 Å². The Bertz CT molecular complexity index is 149. The monoisotopic (exact) mass is 125 g/mol. The van der Waals surface area contributed by atoms with E-state index in [9.17, 15) is 0 Å². The summed E-state index contributed by atoms with van der Waals surface area (Å²) in [5.74, 6) is 0. The molecule has 2 N–H and O–H groups in total. The first-order chi connectivity index (χ1) is 4.33. The molecule has 0 saturated carbocycles. The molecule has 1 aliphatic heterocycles. The van der Waals surface area contributed by atoms with Gasteiger partial charge in [-0.2, -0.15) is 0 Å². The number of rotatable bonds is 1. The number of hydrogen-bond acceptors (Lipinski definition) is 2. The van der Waals surface area contributed by atoms with Crippen molar-refractivity contribution < 1.29 is 5.11 Å². The molecule has 1 aliphatic rings. The minimum atomic E-state index is 0.121. The Morgan fingerprint density at radius 3 is 3.00 bits per heavy atom. The van der Waals surface area contributed by atoms with Crippen LogP contribution in [0.5, 0.6) is 0 Å². The Hall–Kier alpha value is -0.760. The molecule has 2 heteroatoms. The van der Waals surface area contributed by atoms with E-state index in [1.807, 2.05) is 18.4 Å². The molecule has 0 aromatic carbocycles. The van der Waals surface area contributed by atoms with Crippen LogP contribution in [-0.4, -0.2) is 17.8 Å². The summed E-state index contributed by atoms with van der Waals surface area (Å²) in [7, 11) is 0. The summed E-state index contributed by atoms with van der Waals surface area (Å²) in [5, 5.41) is 11.7. The maximum atomic E-state index is 8.62. The summed E-state index contributed by atoms with van der Waals surface area (Å²) >= 11 is 0. The lowest BCUT2D eigenvalue weighted by atomic mass is 10.2. The summed E-state index contributed by atoms with van der Waals surface area (Å²) in [6.45, 7) is 2.18. The van der Waals surface area contributed by atoms with Crippen LogP contribution in [0.1, 0.15) is 6.92 Å². The fourth-order valence-corrected chi connectivity index (χ4v) is 0.708. The van der Waals surface area contributed by atoms with E-state index in [0.717, 1.165) is 5.57 Å². The molecule has 1 unspecified atom stereocenters. The molecular formula is C7H11NO. The SMILES string of the molecule is CC1C=CC(CO)=CN1. The van der Waals surface area contributed by atoms with Crippen molar-refractivity contribution in [2.75, 3.05) is 6.61 Å². The second-order valence-corrected chi connectivity index (χ2v) is 2.19. The minimum absolute atomic E-state index is 0.121. The largest absolute Gasteiger partial charge is 0.392 e. The molecule has 0 aromatic heterocycles. The van der Waals surface area contributed by atoms with Gasteiger partial charge in [0.1, 0.15) is 0 Å². The summed E-state index contributed by atoms with van der Waals surface area (Å²) in [6, 6.07) is 0.403. The average molecular weight is 125 g/mol. The van der Waals surface area contributed by atoms with E-state index >= 15 is 0 Å². The molecule has 0 aliphatic carbocycles. The Morgan fingerprint density at radius 2 is 2.56 bits per heavy atom. The van der Waals surface area contributed by atoms with E-state index in [4.69, 9.17) is 5.11 Å². The van der Waals surface area contributed by atoms with Gasteiger partial charge in [-0.05, 0) is 12.5 Å². The van der Waals surface area contributed by atoms with Gasteiger partial charge in [-0.15, -0.1) is 0 Å². The first kappa shape index (κ1) is 6.36. The van der Waals surface area contributed by atoms with Gasteiger partial charge in [0.15, 0.2) is 0 Å². The highest BCUT2D eigenvalue weighted by Gasteiger charge is 1.98. The van der Waals surface area contributed by atoms with Gasteiger partial charge in [-0.1, -0.05) is 12.2 Å². The summed E-state index contributed by atoms with van der Waals surface area (Å²) in [5.41, 5.74) is 0.938. The first-order valence-electron chi connectivity index (χ1n) is 3.07. The highest BCUT2D eigenvalue weighted by Crippen LogP contribution is 2.01. The molecule has 0 aromatic rings. The molecule has 1 rings (SSSR count). The molecule has 1 atom stereocenters. The van der Waals surface area contributed by atoms with Crippen molar-refractivity contribution in [1.29, 1.82) is 0 Å². The predicted molar refractivity (Wildman–Crippen MR) is 36.9 cm³/mol. The molecule has 9 heavy (non-hydrogen) atoms. The van der Waals surface area contributed by atoms with Gasteiger partial charge < -0.3 is 10.4 Å². The van der Waals surface area contributed by atoms with Crippen LogP contribution in [0.3, 0.4) is 0 Å². The Morgan fingerprint density at radius 1 is 1.78 bits per heavy atom. The van der Waals surface area contributed by atoms with Crippen LogP contribution in [0.25, 0.3) is 0 Å². The van der Waals surface area contributed by atoms with Crippen LogP contribution in [0.2, 0.25) is 0 Å². The fraction of sp³-hybridized carbons (Fsp3) is 0.429. The molecule has 0 radical (unpaired) electrons. The number of dihydropyridines is 1. The van der Waals surface area contributed by atoms with Crippen molar-refractivity contribution in [2.45, 2.75) is 13.0 Å². The average Bonchev–Trinajstić information content (AvgIpc) is 1.90. The topological polar surface area (TPSA) is 32.3 Å². The van der Waals surface area contributed by atoms with Gasteiger partial charge in [0, 0.05) is 12.2 Å². The lowest BCUT2D eigenvalue weighted by Crippen LogP contribution is -2.21. The van der Waals surface area contributed by atoms with Gasteiger partial charge in [0.05, 0.1) is 6.61 Å². The third kappa shape index (κ3) is 1.57. The second kappa shape index (κ2) is 2.69. The molecule has 1 heterocycles. The normalized spacial score (nSPS) is 25.1. The molecule has 0 amide bonds. The van der Waals surface area contributed by atoms with Gasteiger partial charge in [-0.3, -0.25) is 0 Å². The van der Waals surface area contributed by atoms with Crippen LogP contribution < -0.4 is 5.32 Å². The number of aliphatic hydroxyl groups excluding tert-OH is 1. The van der Waals surface area contributed by atoms with Crippen LogP contribution in [-0.2, 0) is 0 Å². The predicted octanol–water partition coefficient (Wildman–Crippen LogP) is 0.410. The molecule has 0 bridgehead atoms.